The van der Waals surface area contributed by atoms with Gasteiger partial charge in [0.1, 0.15) is 0 Å². The third-order valence-electron chi connectivity index (χ3n) is 5.73. The van der Waals surface area contributed by atoms with E-state index in [0.29, 0.717) is 24.2 Å². The average molecular weight is 444 g/mol. The fourth-order valence-corrected chi connectivity index (χ4v) is 3.96. The van der Waals surface area contributed by atoms with Crippen LogP contribution in [0.4, 0.5) is 0 Å². The van der Waals surface area contributed by atoms with Crippen LogP contribution in [-0.2, 0) is 20.8 Å². The number of carbonyl (C=O) groups is 3. The number of nitrogens with zero attached hydrogens (tertiary/aromatic N) is 4. The van der Waals surface area contributed by atoms with Crippen LogP contribution in [0.15, 0.2) is 34.9 Å². The molecule has 2 N–H and O–H groups in total. The molecule has 0 radical (unpaired) electrons. The lowest BCUT2D eigenvalue weighted by atomic mass is 9.90. The lowest BCUT2D eigenvalue weighted by Gasteiger charge is -2.39. The van der Waals surface area contributed by atoms with Crippen LogP contribution in [0.5, 0.6) is 0 Å². The second kappa shape index (κ2) is 10.9. The number of carboxylic acid groups (broad SMARTS) is 2. The first-order valence-electron chi connectivity index (χ1n) is 10.6. The molecule has 0 saturated carbocycles. The average Bonchev–Trinajstić information content (AvgIpc) is 3.17. The normalized spacial score (nSPS) is 17.2. The van der Waals surface area contributed by atoms with Gasteiger partial charge in [-0.1, -0.05) is 35.5 Å². The van der Waals surface area contributed by atoms with E-state index in [1.807, 2.05) is 11.8 Å². The molecule has 10 nitrogen and oxygen atoms in total. The SMILES string of the molecule is Cc1noc(C2CN(CC(=O)N3CCC(Cc4ccccc4)CC3)C2)n1.O=C(O)C(=O)O. The minimum absolute atomic E-state index is 0.253. The number of hydrogen-bond acceptors (Lipinski definition) is 7. The Labute approximate surface area is 185 Å². The Morgan fingerprint density at radius 3 is 2.22 bits per heavy atom. The highest BCUT2D eigenvalue weighted by molar-refractivity contribution is 6.27. The summed E-state index contributed by atoms with van der Waals surface area (Å²) >= 11 is 0. The maximum absolute atomic E-state index is 12.5. The van der Waals surface area contributed by atoms with Crippen LogP contribution >= 0.6 is 0 Å². The number of amides is 1. The van der Waals surface area contributed by atoms with E-state index in [4.69, 9.17) is 24.3 Å². The van der Waals surface area contributed by atoms with Crippen LogP contribution in [0, 0.1) is 12.8 Å². The van der Waals surface area contributed by atoms with Gasteiger partial charge in [-0.25, -0.2) is 9.59 Å². The van der Waals surface area contributed by atoms with Gasteiger partial charge in [-0.05, 0) is 37.7 Å². The van der Waals surface area contributed by atoms with E-state index < -0.39 is 11.9 Å². The van der Waals surface area contributed by atoms with Crippen LogP contribution in [0.2, 0.25) is 0 Å². The lowest BCUT2D eigenvalue weighted by molar-refractivity contribution is -0.159. The van der Waals surface area contributed by atoms with Gasteiger partial charge in [-0.15, -0.1) is 0 Å². The van der Waals surface area contributed by atoms with E-state index in [9.17, 15) is 4.79 Å². The molecular formula is C22H28N4O6. The Bertz CT molecular complexity index is 906. The Balaban J connectivity index is 0.000000427. The standard InChI is InChI=1S/C20H26N4O2.C2H2O4/c1-15-21-20(26-22-15)18-12-23(13-18)14-19(25)24-9-7-17(8-10-24)11-16-5-3-2-4-6-16;3-1(4)2(5)6/h2-6,17-18H,7-14H2,1H3;(H,3,4)(H,5,6). The molecule has 0 unspecified atom stereocenters. The predicted octanol–water partition coefficient (Wildman–Crippen LogP) is 1.41. The smallest absolute Gasteiger partial charge is 0.414 e. The number of likely N-dealkylation sites (tertiary alicyclic amines) is 2. The molecule has 2 fully saturated rings. The maximum atomic E-state index is 12.5. The molecule has 172 valence electrons. The van der Waals surface area contributed by atoms with Crippen LogP contribution in [0.1, 0.15) is 36.0 Å². The number of aryl methyl sites for hydroxylation is 1. The lowest BCUT2D eigenvalue weighted by Crippen LogP contribution is -2.51. The highest BCUT2D eigenvalue weighted by Crippen LogP contribution is 2.26. The summed E-state index contributed by atoms with van der Waals surface area (Å²) in [6.45, 7) is 5.77. The van der Waals surface area contributed by atoms with Crippen molar-refractivity contribution in [3.05, 3.63) is 47.6 Å². The Kier molecular flexibility index (Phi) is 7.93. The van der Waals surface area contributed by atoms with Gasteiger partial charge in [0, 0.05) is 26.2 Å². The molecule has 3 heterocycles. The van der Waals surface area contributed by atoms with Crippen molar-refractivity contribution in [2.24, 2.45) is 5.92 Å². The number of aromatic nitrogens is 2. The second-order valence-corrected chi connectivity index (χ2v) is 8.20. The number of carbonyl (C=O) groups excluding carboxylic acids is 1. The summed E-state index contributed by atoms with van der Waals surface area (Å²) in [6.07, 6.45) is 3.33. The van der Waals surface area contributed by atoms with Crippen molar-refractivity contribution >= 4 is 17.8 Å². The fraction of sp³-hybridized carbons (Fsp3) is 0.500. The van der Waals surface area contributed by atoms with E-state index in [-0.39, 0.29) is 11.8 Å². The molecule has 1 aromatic carbocycles. The fourth-order valence-electron chi connectivity index (χ4n) is 3.96. The Hall–Kier alpha value is -3.27. The summed E-state index contributed by atoms with van der Waals surface area (Å²) in [6, 6.07) is 10.7. The van der Waals surface area contributed by atoms with E-state index in [1.165, 1.54) is 5.56 Å². The molecular weight excluding hydrogens is 416 g/mol. The summed E-state index contributed by atoms with van der Waals surface area (Å²) < 4.78 is 5.22. The van der Waals surface area contributed by atoms with Crippen molar-refractivity contribution in [1.82, 2.24) is 19.9 Å². The first kappa shape index (κ1) is 23.4. The number of hydrogen-bond donors (Lipinski definition) is 2. The monoisotopic (exact) mass is 444 g/mol. The third-order valence-corrected chi connectivity index (χ3v) is 5.73. The first-order valence-corrected chi connectivity index (χ1v) is 10.6. The third kappa shape index (κ3) is 6.61. The van der Waals surface area contributed by atoms with Gasteiger partial charge in [0.2, 0.25) is 11.8 Å². The summed E-state index contributed by atoms with van der Waals surface area (Å²) in [5.41, 5.74) is 1.40. The molecule has 1 amide bonds. The summed E-state index contributed by atoms with van der Waals surface area (Å²) in [5, 5.41) is 18.6. The van der Waals surface area contributed by atoms with Crippen molar-refractivity contribution in [3.63, 3.8) is 0 Å². The van der Waals surface area contributed by atoms with E-state index >= 15 is 0 Å². The Morgan fingerprint density at radius 1 is 1.06 bits per heavy atom. The number of carboxylic acids is 2. The molecule has 2 aliphatic heterocycles. The van der Waals surface area contributed by atoms with Crippen molar-refractivity contribution in [1.29, 1.82) is 0 Å². The van der Waals surface area contributed by atoms with Crippen molar-refractivity contribution in [2.75, 3.05) is 32.7 Å². The molecule has 32 heavy (non-hydrogen) atoms. The molecule has 0 atom stereocenters. The Morgan fingerprint density at radius 2 is 1.69 bits per heavy atom. The second-order valence-electron chi connectivity index (χ2n) is 8.20. The van der Waals surface area contributed by atoms with Gasteiger partial charge in [0.15, 0.2) is 5.82 Å². The zero-order valence-electron chi connectivity index (χ0n) is 18.0. The van der Waals surface area contributed by atoms with Gasteiger partial charge in [0.25, 0.3) is 0 Å². The predicted molar refractivity (Wildman–Crippen MR) is 113 cm³/mol. The summed E-state index contributed by atoms with van der Waals surface area (Å²) in [4.78, 5) is 39.2. The topological polar surface area (TPSA) is 137 Å². The number of benzene rings is 1. The minimum Gasteiger partial charge on any atom is -0.473 e. The molecule has 0 bridgehead atoms. The van der Waals surface area contributed by atoms with Crippen LogP contribution in [0.25, 0.3) is 0 Å². The molecule has 0 spiro atoms. The summed E-state index contributed by atoms with van der Waals surface area (Å²) in [5.74, 6) is -1.05. The molecule has 2 saturated heterocycles. The van der Waals surface area contributed by atoms with E-state index in [2.05, 4.69) is 45.4 Å². The maximum Gasteiger partial charge on any atom is 0.414 e. The largest absolute Gasteiger partial charge is 0.473 e. The molecule has 1 aromatic heterocycles. The molecule has 0 aliphatic carbocycles. The molecule has 4 rings (SSSR count). The van der Waals surface area contributed by atoms with Gasteiger partial charge in [-0.2, -0.15) is 4.98 Å². The van der Waals surface area contributed by atoms with E-state index in [0.717, 1.165) is 45.4 Å². The van der Waals surface area contributed by atoms with Crippen molar-refractivity contribution in [2.45, 2.75) is 32.1 Å². The van der Waals surface area contributed by atoms with Crippen LogP contribution in [-0.4, -0.2) is 80.7 Å². The molecule has 2 aliphatic rings. The van der Waals surface area contributed by atoms with E-state index in [1.54, 1.807) is 0 Å². The minimum atomic E-state index is -1.82. The quantitative estimate of drug-likeness (QED) is 0.656. The molecule has 10 heteroatoms. The van der Waals surface area contributed by atoms with Gasteiger partial charge in [0.05, 0.1) is 12.5 Å². The summed E-state index contributed by atoms with van der Waals surface area (Å²) in [7, 11) is 0. The van der Waals surface area contributed by atoms with Gasteiger partial charge >= 0.3 is 11.9 Å². The van der Waals surface area contributed by atoms with Crippen LogP contribution in [0.3, 0.4) is 0 Å². The zero-order chi connectivity index (χ0) is 23.1. The number of rotatable bonds is 5. The highest BCUT2D eigenvalue weighted by atomic mass is 16.5. The van der Waals surface area contributed by atoms with Crippen LogP contribution < -0.4 is 0 Å². The van der Waals surface area contributed by atoms with Gasteiger partial charge < -0.3 is 19.6 Å². The highest BCUT2D eigenvalue weighted by Gasteiger charge is 2.34. The number of aliphatic carboxylic acids is 2. The first-order chi connectivity index (χ1) is 15.3. The number of piperidine rings is 1. The molecule has 2 aromatic rings. The van der Waals surface area contributed by atoms with Crippen molar-refractivity contribution < 1.29 is 29.1 Å². The van der Waals surface area contributed by atoms with Gasteiger partial charge in [-0.3, -0.25) is 9.69 Å². The van der Waals surface area contributed by atoms with Crippen molar-refractivity contribution in [3.8, 4) is 0 Å². The zero-order valence-corrected chi connectivity index (χ0v) is 18.0.